The molecule has 0 bridgehead atoms. The first-order valence-corrected chi connectivity index (χ1v) is 10.1. The number of rotatable bonds is 6. The molecule has 2 aromatic carbocycles. The van der Waals surface area contributed by atoms with Gasteiger partial charge in [0, 0.05) is 16.3 Å². The molecular weight excluding hydrogens is 407 g/mol. The number of nitrogens with one attached hydrogen (secondary N) is 2. The Hall–Kier alpha value is -2.35. The fourth-order valence-electron chi connectivity index (χ4n) is 2.18. The molecule has 0 unspecified atom stereocenters. The van der Waals surface area contributed by atoms with Gasteiger partial charge in [0.25, 0.3) is 5.91 Å². The zero-order valence-electron chi connectivity index (χ0n) is 13.9. The molecule has 3 aromatic rings. The van der Waals surface area contributed by atoms with Crippen LogP contribution in [0.4, 0.5) is 15.8 Å². The van der Waals surface area contributed by atoms with Crippen molar-refractivity contribution in [3.63, 3.8) is 0 Å². The van der Waals surface area contributed by atoms with Crippen molar-refractivity contribution < 1.29 is 14.0 Å². The third kappa shape index (κ3) is 5.56. The smallest absolute Gasteiger partial charge is 0.265 e. The average Bonchev–Trinajstić information content (AvgIpc) is 3.18. The van der Waals surface area contributed by atoms with Crippen molar-refractivity contribution in [3.8, 4) is 0 Å². The topological polar surface area (TPSA) is 58.2 Å². The largest absolute Gasteiger partial charge is 0.325 e. The van der Waals surface area contributed by atoms with E-state index in [2.05, 4.69) is 10.6 Å². The first-order valence-electron chi connectivity index (χ1n) is 7.84. The number of halogens is 2. The SMILES string of the molecule is O=C(CSc1cccc(NC(=O)c2cccs2)c1)Nc1ccc(F)c(Cl)c1. The van der Waals surface area contributed by atoms with E-state index in [4.69, 9.17) is 11.6 Å². The lowest BCUT2D eigenvalue weighted by atomic mass is 10.3. The summed E-state index contributed by atoms with van der Waals surface area (Å²) in [5.41, 5.74) is 1.09. The number of amides is 2. The highest BCUT2D eigenvalue weighted by atomic mass is 35.5. The molecule has 4 nitrogen and oxygen atoms in total. The molecule has 0 radical (unpaired) electrons. The van der Waals surface area contributed by atoms with E-state index in [1.165, 1.54) is 41.3 Å². The van der Waals surface area contributed by atoms with E-state index in [0.29, 0.717) is 16.3 Å². The van der Waals surface area contributed by atoms with Crippen LogP contribution in [0.1, 0.15) is 9.67 Å². The van der Waals surface area contributed by atoms with Gasteiger partial charge in [-0.05, 0) is 47.8 Å². The van der Waals surface area contributed by atoms with Gasteiger partial charge in [-0.1, -0.05) is 23.7 Å². The van der Waals surface area contributed by atoms with Crippen molar-refractivity contribution in [1.82, 2.24) is 0 Å². The molecule has 138 valence electrons. The Morgan fingerprint density at radius 3 is 2.59 bits per heavy atom. The Kier molecular flexibility index (Phi) is 6.49. The van der Waals surface area contributed by atoms with Crippen LogP contribution in [0.2, 0.25) is 5.02 Å². The van der Waals surface area contributed by atoms with Crippen molar-refractivity contribution >= 4 is 57.9 Å². The summed E-state index contributed by atoms with van der Waals surface area (Å²) < 4.78 is 13.1. The zero-order valence-corrected chi connectivity index (χ0v) is 16.3. The predicted molar refractivity (Wildman–Crippen MR) is 109 cm³/mol. The molecule has 2 N–H and O–H groups in total. The number of carbonyl (C=O) groups excluding carboxylic acids is 2. The maximum atomic E-state index is 13.1. The normalized spacial score (nSPS) is 10.4. The molecule has 3 rings (SSSR count). The molecular formula is C19H14ClFN2O2S2. The Balaban J connectivity index is 1.55. The molecule has 0 aliphatic rings. The number of thioether (sulfide) groups is 1. The number of carbonyl (C=O) groups is 2. The van der Waals surface area contributed by atoms with Crippen molar-refractivity contribution in [2.75, 3.05) is 16.4 Å². The van der Waals surface area contributed by atoms with Crippen LogP contribution in [0.3, 0.4) is 0 Å². The first kappa shape index (κ1) is 19.4. The minimum absolute atomic E-state index is 0.0466. The maximum Gasteiger partial charge on any atom is 0.265 e. The zero-order chi connectivity index (χ0) is 19.2. The summed E-state index contributed by atoms with van der Waals surface area (Å²) in [5, 5.41) is 7.29. The monoisotopic (exact) mass is 420 g/mol. The van der Waals surface area contributed by atoms with Gasteiger partial charge in [-0.15, -0.1) is 23.1 Å². The standard InChI is InChI=1S/C19H14ClFN2O2S2/c20-15-10-13(6-7-16(15)21)22-18(24)11-27-14-4-1-3-12(9-14)23-19(25)17-5-2-8-26-17/h1-10H,11H2,(H,22,24)(H,23,25). The summed E-state index contributed by atoms with van der Waals surface area (Å²) in [6.07, 6.45) is 0. The van der Waals surface area contributed by atoms with Crippen LogP contribution in [-0.2, 0) is 4.79 Å². The van der Waals surface area contributed by atoms with E-state index >= 15 is 0 Å². The summed E-state index contributed by atoms with van der Waals surface area (Å²) in [5.74, 6) is -0.781. The molecule has 0 atom stereocenters. The van der Waals surface area contributed by atoms with Crippen LogP contribution in [0.5, 0.6) is 0 Å². The van der Waals surface area contributed by atoms with E-state index in [9.17, 15) is 14.0 Å². The highest BCUT2D eigenvalue weighted by molar-refractivity contribution is 8.00. The van der Waals surface area contributed by atoms with Crippen molar-refractivity contribution in [2.45, 2.75) is 4.90 Å². The Morgan fingerprint density at radius 2 is 1.85 bits per heavy atom. The molecule has 0 saturated carbocycles. The maximum absolute atomic E-state index is 13.1. The van der Waals surface area contributed by atoms with Gasteiger partial charge in [0.05, 0.1) is 15.7 Å². The van der Waals surface area contributed by atoms with Crippen molar-refractivity contribution in [3.05, 3.63) is 75.7 Å². The molecule has 1 aromatic heterocycles. The molecule has 8 heteroatoms. The third-order valence-corrected chi connectivity index (χ3v) is 5.56. The predicted octanol–water partition coefficient (Wildman–Crippen LogP) is 5.52. The number of benzene rings is 2. The second-order valence-corrected chi connectivity index (χ2v) is 7.83. The van der Waals surface area contributed by atoms with E-state index in [-0.39, 0.29) is 22.6 Å². The number of anilines is 2. The van der Waals surface area contributed by atoms with Gasteiger partial charge in [-0.25, -0.2) is 4.39 Å². The van der Waals surface area contributed by atoms with Gasteiger partial charge in [0.1, 0.15) is 5.82 Å². The van der Waals surface area contributed by atoms with Gasteiger partial charge < -0.3 is 10.6 Å². The van der Waals surface area contributed by atoms with E-state index in [0.717, 1.165) is 4.90 Å². The fourth-order valence-corrected chi connectivity index (χ4v) is 3.74. The lowest BCUT2D eigenvalue weighted by molar-refractivity contribution is -0.113. The number of hydrogen-bond donors (Lipinski definition) is 2. The van der Waals surface area contributed by atoms with Crippen LogP contribution in [0.25, 0.3) is 0 Å². The van der Waals surface area contributed by atoms with Crippen LogP contribution in [0, 0.1) is 5.82 Å². The van der Waals surface area contributed by atoms with Crippen LogP contribution < -0.4 is 10.6 Å². The summed E-state index contributed by atoms with van der Waals surface area (Å²) in [7, 11) is 0. The molecule has 0 spiro atoms. The second-order valence-electron chi connectivity index (χ2n) is 5.42. The molecule has 2 amide bonds. The molecule has 1 heterocycles. The van der Waals surface area contributed by atoms with Crippen LogP contribution >= 0.6 is 34.7 Å². The quantitative estimate of drug-likeness (QED) is 0.516. The minimum Gasteiger partial charge on any atom is -0.325 e. The van der Waals surface area contributed by atoms with Crippen LogP contribution in [0.15, 0.2) is 64.9 Å². The van der Waals surface area contributed by atoms with Gasteiger partial charge in [0.15, 0.2) is 0 Å². The Morgan fingerprint density at radius 1 is 1.04 bits per heavy atom. The third-order valence-electron chi connectivity index (χ3n) is 3.41. The molecule has 27 heavy (non-hydrogen) atoms. The van der Waals surface area contributed by atoms with E-state index < -0.39 is 5.82 Å². The number of hydrogen-bond acceptors (Lipinski definition) is 4. The Labute approximate surface area is 168 Å². The Bertz CT molecular complexity index is 964. The highest BCUT2D eigenvalue weighted by Crippen LogP contribution is 2.24. The van der Waals surface area contributed by atoms with Crippen LogP contribution in [-0.4, -0.2) is 17.6 Å². The molecule has 0 aliphatic carbocycles. The van der Waals surface area contributed by atoms with Gasteiger partial charge in [0.2, 0.25) is 5.91 Å². The minimum atomic E-state index is -0.537. The van der Waals surface area contributed by atoms with E-state index in [1.54, 1.807) is 18.2 Å². The lowest BCUT2D eigenvalue weighted by Crippen LogP contribution is -2.14. The summed E-state index contributed by atoms with van der Waals surface area (Å²) >= 11 is 8.40. The summed E-state index contributed by atoms with van der Waals surface area (Å²) in [6, 6.07) is 14.8. The first-order chi connectivity index (χ1) is 13.0. The summed E-state index contributed by atoms with van der Waals surface area (Å²) in [6.45, 7) is 0. The van der Waals surface area contributed by atoms with E-state index in [1.807, 2.05) is 23.6 Å². The molecule has 0 saturated heterocycles. The number of thiophene rings is 1. The molecule has 0 aliphatic heterocycles. The second kappa shape index (κ2) is 9.03. The van der Waals surface area contributed by atoms with Gasteiger partial charge in [-0.3, -0.25) is 9.59 Å². The molecule has 0 fully saturated rings. The fraction of sp³-hybridized carbons (Fsp3) is 0.0526. The average molecular weight is 421 g/mol. The summed E-state index contributed by atoms with van der Waals surface area (Å²) in [4.78, 5) is 25.6. The highest BCUT2D eigenvalue weighted by Gasteiger charge is 2.09. The van der Waals surface area contributed by atoms with Gasteiger partial charge >= 0.3 is 0 Å². The lowest BCUT2D eigenvalue weighted by Gasteiger charge is -2.08. The van der Waals surface area contributed by atoms with Crippen molar-refractivity contribution in [1.29, 1.82) is 0 Å². The van der Waals surface area contributed by atoms with Crippen molar-refractivity contribution in [2.24, 2.45) is 0 Å². The van der Waals surface area contributed by atoms with Gasteiger partial charge in [-0.2, -0.15) is 0 Å².